The molecule has 1 aliphatic heterocycles. The van der Waals surface area contributed by atoms with Crippen LogP contribution in [-0.2, 0) is 19.5 Å². The van der Waals surface area contributed by atoms with Crippen molar-refractivity contribution in [2.45, 2.75) is 19.5 Å². The maximum atomic E-state index is 5.41. The lowest BCUT2D eigenvalue weighted by Gasteiger charge is -2.28. The van der Waals surface area contributed by atoms with Gasteiger partial charge in [-0.2, -0.15) is 4.98 Å². The third kappa shape index (κ3) is 3.70. The number of pyridine rings is 1. The molecule has 0 saturated carbocycles. The van der Waals surface area contributed by atoms with E-state index in [1.807, 2.05) is 18.3 Å². The molecule has 0 saturated heterocycles. The summed E-state index contributed by atoms with van der Waals surface area (Å²) in [5.41, 5.74) is 4.08. The Morgan fingerprint density at radius 1 is 1.04 bits per heavy atom. The van der Waals surface area contributed by atoms with Gasteiger partial charge in [0.15, 0.2) is 5.82 Å². The first-order chi connectivity index (χ1) is 13.3. The van der Waals surface area contributed by atoms with E-state index < -0.39 is 0 Å². The molecule has 0 amide bonds. The molecule has 0 radical (unpaired) electrons. The number of rotatable bonds is 5. The summed E-state index contributed by atoms with van der Waals surface area (Å²) in [4.78, 5) is 24.0. The Morgan fingerprint density at radius 2 is 1.89 bits per heavy atom. The zero-order valence-corrected chi connectivity index (χ0v) is 15.3. The van der Waals surface area contributed by atoms with Crippen molar-refractivity contribution in [1.82, 2.24) is 29.8 Å². The van der Waals surface area contributed by atoms with Crippen LogP contribution in [0.4, 0.5) is 0 Å². The standard InChI is InChI=1S/C19H20N6O2/c1-26-17-4-3-13(19(24-17)27-2)10-25-6-5-16-15(11-25)9-22-18(23-16)14-7-20-12-21-8-14/h3-4,7-9,12H,5-6,10-11H2,1-2H3. The van der Waals surface area contributed by atoms with E-state index >= 15 is 0 Å². The third-order valence-corrected chi connectivity index (χ3v) is 4.54. The van der Waals surface area contributed by atoms with Gasteiger partial charge in [-0.1, -0.05) is 0 Å². The average Bonchev–Trinajstić information content (AvgIpc) is 2.74. The molecule has 0 spiro atoms. The summed E-state index contributed by atoms with van der Waals surface area (Å²) in [5, 5.41) is 0. The second kappa shape index (κ2) is 7.63. The van der Waals surface area contributed by atoms with Crippen molar-refractivity contribution >= 4 is 0 Å². The van der Waals surface area contributed by atoms with Crippen LogP contribution < -0.4 is 9.47 Å². The van der Waals surface area contributed by atoms with Gasteiger partial charge in [-0.05, 0) is 6.07 Å². The highest BCUT2D eigenvalue weighted by Gasteiger charge is 2.20. The third-order valence-electron chi connectivity index (χ3n) is 4.54. The van der Waals surface area contributed by atoms with Crippen LogP contribution >= 0.6 is 0 Å². The Hall–Kier alpha value is -3.13. The molecule has 138 valence electrons. The highest BCUT2D eigenvalue weighted by Crippen LogP contribution is 2.25. The fourth-order valence-electron chi connectivity index (χ4n) is 3.17. The van der Waals surface area contributed by atoms with Crippen LogP contribution in [-0.4, -0.2) is 50.6 Å². The Bertz CT molecular complexity index is 935. The highest BCUT2D eigenvalue weighted by atomic mass is 16.5. The maximum absolute atomic E-state index is 5.41. The van der Waals surface area contributed by atoms with Crippen LogP contribution in [0.15, 0.2) is 37.1 Å². The SMILES string of the molecule is COc1ccc(CN2CCc3nc(-c4cncnc4)ncc3C2)c(OC)n1. The predicted octanol–water partition coefficient (Wildman–Crippen LogP) is 1.90. The zero-order valence-electron chi connectivity index (χ0n) is 15.3. The molecule has 0 bridgehead atoms. The number of hydrogen-bond acceptors (Lipinski definition) is 8. The molecule has 3 aromatic rings. The fourth-order valence-corrected chi connectivity index (χ4v) is 3.17. The number of nitrogens with zero attached hydrogens (tertiary/aromatic N) is 6. The van der Waals surface area contributed by atoms with Crippen molar-refractivity contribution in [2.75, 3.05) is 20.8 Å². The Labute approximate surface area is 157 Å². The molecule has 8 nitrogen and oxygen atoms in total. The molecule has 0 aromatic carbocycles. The largest absolute Gasteiger partial charge is 0.481 e. The maximum Gasteiger partial charge on any atom is 0.220 e. The van der Waals surface area contributed by atoms with E-state index in [-0.39, 0.29) is 0 Å². The molecule has 0 fully saturated rings. The van der Waals surface area contributed by atoms with Crippen molar-refractivity contribution in [3.8, 4) is 23.1 Å². The van der Waals surface area contributed by atoms with Crippen molar-refractivity contribution in [3.63, 3.8) is 0 Å². The first kappa shape index (κ1) is 17.3. The number of methoxy groups -OCH3 is 2. The molecule has 0 unspecified atom stereocenters. The molecule has 4 rings (SSSR count). The lowest BCUT2D eigenvalue weighted by molar-refractivity contribution is 0.237. The van der Waals surface area contributed by atoms with Gasteiger partial charge in [0.2, 0.25) is 11.8 Å². The molecular formula is C19H20N6O2. The molecule has 0 aliphatic carbocycles. The highest BCUT2D eigenvalue weighted by molar-refractivity contribution is 5.52. The Kier molecular flexibility index (Phi) is 4.88. The van der Waals surface area contributed by atoms with E-state index in [0.29, 0.717) is 17.6 Å². The smallest absolute Gasteiger partial charge is 0.220 e. The summed E-state index contributed by atoms with van der Waals surface area (Å²) in [6, 6.07) is 3.85. The summed E-state index contributed by atoms with van der Waals surface area (Å²) < 4.78 is 10.6. The van der Waals surface area contributed by atoms with Crippen molar-refractivity contribution in [3.05, 3.63) is 53.9 Å². The number of ether oxygens (including phenoxy) is 2. The van der Waals surface area contributed by atoms with E-state index in [9.17, 15) is 0 Å². The minimum absolute atomic E-state index is 0.547. The Balaban J connectivity index is 1.51. The van der Waals surface area contributed by atoms with Crippen LogP contribution in [0.25, 0.3) is 11.4 Å². The van der Waals surface area contributed by atoms with E-state index in [4.69, 9.17) is 14.5 Å². The second-order valence-corrected chi connectivity index (χ2v) is 6.28. The monoisotopic (exact) mass is 364 g/mol. The van der Waals surface area contributed by atoms with Gasteiger partial charge in [0, 0.05) is 61.8 Å². The van der Waals surface area contributed by atoms with Crippen LogP contribution in [0.1, 0.15) is 16.8 Å². The minimum Gasteiger partial charge on any atom is -0.481 e. The molecule has 0 atom stereocenters. The van der Waals surface area contributed by atoms with Gasteiger partial charge in [-0.3, -0.25) is 4.90 Å². The molecular weight excluding hydrogens is 344 g/mol. The van der Waals surface area contributed by atoms with Crippen molar-refractivity contribution in [1.29, 1.82) is 0 Å². The second-order valence-electron chi connectivity index (χ2n) is 6.28. The summed E-state index contributed by atoms with van der Waals surface area (Å²) >= 11 is 0. The van der Waals surface area contributed by atoms with Gasteiger partial charge in [-0.15, -0.1) is 0 Å². The van der Waals surface area contributed by atoms with E-state index in [2.05, 4.69) is 24.8 Å². The molecule has 0 N–H and O–H groups in total. The molecule has 8 heteroatoms. The van der Waals surface area contributed by atoms with Crippen LogP contribution in [0.2, 0.25) is 0 Å². The summed E-state index contributed by atoms with van der Waals surface area (Å²) in [7, 11) is 3.22. The van der Waals surface area contributed by atoms with Gasteiger partial charge >= 0.3 is 0 Å². The van der Waals surface area contributed by atoms with Gasteiger partial charge in [-0.25, -0.2) is 19.9 Å². The molecule has 27 heavy (non-hydrogen) atoms. The van der Waals surface area contributed by atoms with Gasteiger partial charge in [0.25, 0.3) is 0 Å². The topological polar surface area (TPSA) is 86.2 Å². The van der Waals surface area contributed by atoms with E-state index in [1.54, 1.807) is 26.6 Å². The van der Waals surface area contributed by atoms with Gasteiger partial charge in [0.1, 0.15) is 6.33 Å². The first-order valence-electron chi connectivity index (χ1n) is 8.67. The zero-order chi connectivity index (χ0) is 18.6. The lowest BCUT2D eigenvalue weighted by atomic mass is 10.1. The molecule has 1 aliphatic rings. The van der Waals surface area contributed by atoms with E-state index in [0.717, 1.165) is 48.4 Å². The normalized spacial score (nSPS) is 13.9. The Morgan fingerprint density at radius 3 is 2.67 bits per heavy atom. The van der Waals surface area contributed by atoms with Crippen LogP contribution in [0.5, 0.6) is 11.8 Å². The predicted molar refractivity (Wildman–Crippen MR) is 98.2 cm³/mol. The summed E-state index contributed by atoms with van der Waals surface area (Å²) in [6.45, 7) is 2.44. The van der Waals surface area contributed by atoms with Crippen LogP contribution in [0, 0.1) is 0 Å². The number of hydrogen-bond donors (Lipinski definition) is 0. The number of aromatic nitrogens is 5. The number of fused-ring (bicyclic) bond motifs is 1. The summed E-state index contributed by atoms with van der Waals surface area (Å²) in [5.74, 6) is 1.81. The average molecular weight is 364 g/mol. The quantitative estimate of drug-likeness (QED) is 0.679. The molecule has 3 aromatic heterocycles. The minimum atomic E-state index is 0.547. The van der Waals surface area contributed by atoms with Gasteiger partial charge < -0.3 is 9.47 Å². The van der Waals surface area contributed by atoms with Crippen molar-refractivity contribution < 1.29 is 9.47 Å². The lowest BCUT2D eigenvalue weighted by Crippen LogP contribution is -2.31. The molecule has 4 heterocycles. The summed E-state index contributed by atoms with van der Waals surface area (Å²) in [6.07, 6.45) is 7.73. The van der Waals surface area contributed by atoms with Gasteiger partial charge in [0.05, 0.1) is 25.5 Å². The first-order valence-corrected chi connectivity index (χ1v) is 8.67. The van der Waals surface area contributed by atoms with Crippen molar-refractivity contribution in [2.24, 2.45) is 0 Å². The fraction of sp³-hybridized carbons (Fsp3) is 0.316. The van der Waals surface area contributed by atoms with Crippen LogP contribution in [0.3, 0.4) is 0 Å². The van der Waals surface area contributed by atoms with E-state index in [1.165, 1.54) is 6.33 Å².